The van der Waals surface area contributed by atoms with E-state index in [1.807, 2.05) is 47.4 Å². The van der Waals surface area contributed by atoms with Gasteiger partial charge >= 0.3 is 0 Å². The summed E-state index contributed by atoms with van der Waals surface area (Å²) in [6.45, 7) is 3.44. The third kappa shape index (κ3) is 3.90. The second-order valence-electron chi connectivity index (χ2n) is 7.56. The van der Waals surface area contributed by atoms with Crippen LogP contribution in [0, 0.1) is 5.92 Å². The van der Waals surface area contributed by atoms with Gasteiger partial charge in [0.15, 0.2) is 5.78 Å². The van der Waals surface area contributed by atoms with Gasteiger partial charge in [-0.25, -0.2) is 0 Å². The van der Waals surface area contributed by atoms with Crippen LogP contribution in [0.3, 0.4) is 0 Å². The molecule has 2 aromatic rings. The lowest BCUT2D eigenvalue weighted by atomic mass is 9.89. The normalized spacial score (nSPS) is 19.9. The zero-order chi connectivity index (χ0) is 18.6. The van der Waals surface area contributed by atoms with Crippen LogP contribution < -0.4 is 4.90 Å². The quantitative estimate of drug-likeness (QED) is 0.771. The molecule has 4 heteroatoms. The monoisotopic (exact) mass is 362 g/mol. The Hall–Kier alpha value is -2.62. The summed E-state index contributed by atoms with van der Waals surface area (Å²) >= 11 is 0. The highest BCUT2D eigenvalue weighted by Gasteiger charge is 2.29. The summed E-state index contributed by atoms with van der Waals surface area (Å²) in [4.78, 5) is 29.9. The zero-order valence-corrected chi connectivity index (χ0v) is 15.6. The Labute approximate surface area is 160 Å². The highest BCUT2D eigenvalue weighted by molar-refractivity contribution is 5.99. The van der Waals surface area contributed by atoms with Crippen LogP contribution in [0.15, 0.2) is 54.6 Å². The Morgan fingerprint density at radius 3 is 2.19 bits per heavy atom. The van der Waals surface area contributed by atoms with Gasteiger partial charge in [0.1, 0.15) is 0 Å². The molecule has 0 aliphatic carbocycles. The molecule has 0 saturated carbocycles. The molecule has 4 rings (SSSR count). The summed E-state index contributed by atoms with van der Waals surface area (Å²) in [6, 6.07) is 17.4. The Kier molecular flexibility index (Phi) is 5.23. The first-order valence-corrected chi connectivity index (χ1v) is 9.96. The third-order valence-electron chi connectivity index (χ3n) is 5.72. The second kappa shape index (κ2) is 7.95. The summed E-state index contributed by atoms with van der Waals surface area (Å²) in [7, 11) is 0. The minimum Gasteiger partial charge on any atom is -0.372 e. The van der Waals surface area contributed by atoms with Crippen molar-refractivity contribution in [2.75, 3.05) is 31.1 Å². The first kappa shape index (κ1) is 17.8. The van der Waals surface area contributed by atoms with E-state index >= 15 is 0 Å². The maximum Gasteiger partial charge on any atom is 0.253 e. The number of carbonyl (C=O) groups excluding carboxylic acids is 2. The number of hydrogen-bond donors (Lipinski definition) is 0. The van der Waals surface area contributed by atoms with Gasteiger partial charge in [-0.3, -0.25) is 9.59 Å². The van der Waals surface area contributed by atoms with Crippen molar-refractivity contribution in [1.82, 2.24) is 4.90 Å². The maximum atomic E-state index is 12.9. The van der Waals surface area contributed by atoms with Crippen LogP contribution >= 0.6 is 0 Å². The molecule has 1 atom stereocenters. The smallest absolute Gasteiger partial charge is 0.253 e. The maximum absolute atomic E-state index is 12.9. The number of ketones is 1. The van der Waals surface area contributed by atoms with E-state index in [-0.39, 0.29) is 17.6 Å². The predicted molar refractivity (Wildman–Crippen MR) is 107 cm³/mol. The van der Waals surface area contributed by atoms with E-state index in [1.54, 1.807) is 0 Å². The van der Waals surface area contributed by atoms with Crippen molar-refractivity contribution in [1.29, 1.82) is 0 Å². The molecular weight excluding hydrogens is 336 g/mol. The van der Waals surface area contributed by atoms with Gasteiger partial charge in [0.2, 0.25) is 0 Å². The van der Waals surface area contributed by atoms with Gasteiger partial charge < -0.3 is 9.80 Å². The average molecular weight is 362 g/mol. The van der Waals surface area contributed by atoms with Crippen LogP contribution in [0.5, 0.6) is 0 Å². The lowest BCUT2D eigenvalue weighted by Crippen LogP contribution is -2.42. The fourth-order valence-electron chi connectivity index (χ4n) is 4.19. The molecule has 2 aliphatic rings. The summed E-state index contributed by atoms with van der Waals surface area (Å²) < 4.78 is 0. The molecule has 0 N–H and O–H groups in total. The fourth-order valence-corrected chi connectivity index (χ4v) is 4.19. The zero-order valence-electron chi connectivity index (χ0n) is 15.6. The Morgan fingerprint density at radius 2 is 1.48 bits per heavy atom. The molecule has 4 nitrogen and oxygen atoms in total. The van der Waals surface area contributed by atoms with Crippen LogP contribution in [-0.4, -0.2) is 42.8 Å². The van der Waals surface area contributed by atoms with E-state index in [9.17, 15) is 9.59 Å². The van der Waals surface area contributed by atoms with Gasteiger partial charge in [0, 0.05) is 48.9 Å². The van der Waals surface area contributed by atoms with Crippen LogP contribution in [0.4, 0.5) is 5.69 Å². The van der Waals surface area contributed by atoms with Gasteiger partial charge in [-0.2, -0.15) is 0 Å². The molecule has 0 radical (unpaired) electrons. The van der Waals surface area contributed by atoms with Gasteiger partial charge in [0.25, 0.3) is 5.91 Å². The Bertz CT molecular complexity index is 795. The number of benzene rings is 2. The molecule has 2 saturated heterocycles. The number of nitrogens with zero attached hydrogens (tertiary/aromatic N) is 2. The highest BCUT2D eigenvalue weighted by atomic mass is 16.2. The molecule has 0 aromatic heterocycles. The number of Topliss-reactive ketones (excluding diaryl/α,β-unsaturated/α-hetero) is 1. The van der Waals surface area contributed by atoms with Gasteiger partial charge in [-0.1, -0.05) is 30.3 Å². The highest BCUT2D eigenvalue weighted by Crippen LogP contribution is 2.24. The molecule has 0 spiro atoms. The number of likely N-dealkylation sites (tertiary alicyclic amines) is 1. The molecule has 2 fully saturated rings. The van der Waals surface area contributed by atoms with Gasteiger partial charge in [-0.15, -0.1) is 0 Å². The standard InChI is InChI=1S/C23H26N2O2/c26-22(18-7-2-1-3-8-18)20-9-6-16-25(17-20)23(27)19-10-12-21(13-11-19)24-14-4-5-15-24/h1-3,7-8,10-13,20H,4-6,9,14-17H2/t20-/m1/s1. The number of hydrogen-bond acceptors (Lipinski definition) is 3. The van der Waals surface area contributed by atoms with Crippen molar-refractivity contribution in [3.05, 3.63) is 65.7 Å². The minimum absolute atomic E-state index is 0.0357. The molecular formula is C23H26N2O2. The number of amides is 1. The topological polar surface area (TPSA) is 40.6 Å². The van der Waals surface area contributed by atoms with Crippen LogP contribution in [0.25, 0.3) is 0 Å². The molecule has 0 unspecified atom stereocenters. The number of carbonyl (C=O) groups is 2. The van der Waals surface area contributed by atoms with E-state index in [0.29, 0.717) is 12.1 Å². The minimum atomic E-state index is -0.103. The van der Waals surface area contributed by atoms with E-state index < -0.39 is 0 Å². The fraction of sp³-hybridized carbons (Fsp3) is 0.391. The van der Waals surface area contributed by atoms with Crippen molar-refractivity contribution < 1.29 is 9.59 Å². The predicted octanol–water partition coefficient (Wildman–Crippen LogP) is 4.02. The summed E-state index contributed by atoms with van der Waals surface area (Å²) in [5.74, 6) is 0.0833. The van der Waals surface area contributed by atoms with Crippen LogP contribution in [-0.2, 0) is 0 Å². The van der Waals surface area contributed by atoms with E-state index in [4.69, 9.17) is 0 Å². The van der Waals surface area contributed by atoms with Gasteiger partial charge in [0.05, 0.1) is 0 Å². The Balaban J connectivity index is 1.43. The van der Waals surface area contributed by atoms with Crippen molar-refractivity contribution in [2.24, 2.45) is 5.92 Å². The summed E-state index contributed by atoms with van der Waals surface area (Å²) in [6.07, 6.45) is 4.21. The lowest BCUT2D eigenvalue weighted by Gasteiger charge is -2.32. The van der Waals surface area contributed by atoms with E-state index in [0.717, 1.165) is 38.0 Å². The number of rotatable bonds is 4. The van der Waals surface area contributed by atoms with Gasteiger partial charge in [-0.05, 0) is 49.9 Å². The van der Waals surface area contributed by atoms with Crippen LogP contribution in [0.2, 0.25) is 0 Å². The SMILES string of the molecule is O=C(c1ccccc1)[C@@H]1CCCN(C(=O)c2ccc(N3CCCC3)cc2)C1. The molecule has 2 aliphatic heterocycles. The summed E-state index contributed by atoms with van der Waals surface area (Å²) in [5, 5.41) is 0. The van der Waals surface area contributed by atoms with E-state index in [1.165, 1.54) is 18.5 Å². The third-order valence-corrected chi connectivity index (χ3v) is 5.72. The largest absolute Gasteiger partial charge is 0.372 e. The van der Waals surface area contributed by atoms with Crippen molar-refractivity contribution in [2.45, 2.75) is 25.7 Å². The molecule has 0 bridgehead atoms. The molecule has 2 aromatic carbocycles. The molecule has 27 heavy (non-hydrogen) atoms. The summed E-state index contributed by atoms with van der Waals surface area (Å²) in [5.41, 5.74) is 2.65. The average Bonchev–Trinajstić information content (AvgIpc) is 3.28. The second-order valence-corrected chi connectivity index (χ2v) is 7.56. The molecule has 1 amide bonds. The van der Waals surface area contributed by atoms with Crippen molar-refractivity contribution >= 4 is 17.4 Å². The van der Waals surface area contributed by atoms with Crippen LogP contribution in [0.1, 0.15) is 46.4 Å². The molecule has 140 valence electrons. The van der Waals surface area contributed by atoms with Crippen molar-refractivity contribution in [3.8, 4) is 0 Å². The van der Waals surface area contributed by atoms with Crippen molar-refractivity contribution in [3.63, 3.8) is 0 Å². The molecule has 2 heterocycles. The lowest BCUT2D eigenvalue weighted by molar-refractivity contribution is 0.0637. The number of piperidine rings is 1. The Morgan fingerprint density at radius 1 is 0.778 bits per heavy atom. The first-order chi connectivity index (χ1) is 13.2. The first-order valence-electron chi connectivity index (χ1n) is 9.96. The number of anilines is 1. The van der Waals surface area contributed by atoms with E-state index in [2.05, 4.69) is 17.0 Å².